The molecule has 1 aromatic rings. The van der Waals surface area contributed by atoms with Crippen LogP contribution in [0, 0.1) is 10.1 Å². The molecule has 0 saturated heterocycles. The molecule has 1 aromatic carbocycles. The molecule has 2 rings (SSSR count). The van der Waals surface area contributed by atoms with Gasteiger partial charge in [-0.15, -0.1) is 0 Å². The topological polar surface area (TPSA) is 98.5 Å². The number of nitrogens with zero attached hydrogens (tertiary/aromatic N) is 1. The van der Waals surface area contributed by atoms with Crippen molar-refractivity contribution in [3.05, 3.63) is 62.5 Å². The van der Waals surface area contributed by atoms with Crippen LogP contribution in [0.15, 0.2) is 46.8 Å². The van der Waals surface area contributed by atoms with Crippen molar-refractivity contribution < 1.29 is 19.2 Å². The highest BCUT2D eigenvalue weighted by atomic mass is 32.2. The van der Waals surface area contributed by atoms with Crippen LogP contribution in [0.25, 0.3) is 0 Å². The Morgan fingerprint density at radius 1 is 1.26 bits per heavy atom. The van der Waals surface area contributed by atoms with Gasteiger partial charge in [0.1, 0.15) is 6.61 Å². The van der Waals surface area contributed by atoms with Crippen LogP contribution in [0.2, 0.25) is 0 Å². The minimum absolute atomic E-state index is 0.0978. The number of rotatable bonds is 7. The number of ether oxygens (including phenoxy) is 1. The molecule has 1 N–H and O–H groups in total. The van der Waals surface area contributed by atoms with E-state index in [-0.39, 0.29) is 18.1 Å². The van der Waals surface area contributed by atoms with Crippen molar-refractivity contribution in [1.82, 2.24) is 5.32 Å². The molecule has 0 aliphatic carbocycles. The summed E-state index contributed by atoms with van der Waals surface area (Å²) in [5, 5.41) is 14.2. The molecule has 0 bridgehead atoms. The number of carbonyl (C=O) groups is 2. The van der Waals surface area contributed by atoms with E-state index in [0.29, 0.717) is 33.9 Å². The molecule has 1 atom stereocenters. The summed E-state index contributed by atoms with van der Waals surface area (Å²) in [7, 11) is 0. The number of nitro groups is 1. The predicted octanol–water partition coefficient (Wildman–Crippen LogP) is 3.32. The highest BCUT2D eigenvalue weighted by Crippen LogP contribution is 2.39. The summed E-state index contributed by atoms with van der Waals surface area (Å²) >= 11 is 1.55. The fourth-order valence-corrected chi connectivity index (χ4v) is 3.43. The SMILES string of the molecule is CSCCOC(=O)C1=C(C)NC(C)=C(C(C)=O)C1c1cccc([N+](=O)[O-])c1. The van der Waals surface area contributed by atoms with E-state index in [0.717, 1.165) is 0 Å². The van der Waals surface area contributed by atoms with Gasteiger partial charge in [-0.1, -0.05) is 12.1 Å². The number of esters is 1. The van der Waals surface area contributed by atoms with Gasteiger partial charge in [0, 0.05) is 40.8 Å². The van der Waals surface area contributed by atoms with Crippen LogP contribution in [0.1, 0.15) is 32.3 Å². The quantitative estimate of drug-likeness (QED) is 0.330. The number of carbonyl (C=O) groups excluding carboxylic acids is 2. The first kappa shape index (κ1) is 20.7. The van der Waals surface area contributed by atoms with E-state index < -0.39 is 16.8 Å². The molecule has 0 saturated carbocycles. The number of dihydropyridines is 1. The fraction of sp³-hybridized carbons (Fsp3) is 0.368. The Kier molecular flexibility index (Phi) is 6.79. The van der Waals surface area contributed by atoms with Crippen molar-refractivity contribution in [3.63, 3.8) is 0 Å². The molecular formula is C19H22N2O5S. The molecule has 0 spiro atoms. The van der Waals surface area contributed by atoms with Gasteiger partial charge < -0.3 is 10.1 Å². The van der Waals surface area contributed by atoms with Gasteiger partial charge in [-0.3, -0.25) is 14.9 Å². The number of Topliss-reactive ketones (excluding diaryl/α,β-unsaturated/α-hetero) is 1. The van der Waals surface area contributed by atoms with Crippen LogP contribution >= 0.6 is 11.8 Å². The van der Waals surface area contributed by atoms with Crippen LogP contribution in [0.4, 0.5) is 5.69 Å². The second-order valence-electron chi connectivity index (χ2n) is 6.17. The number of ketones is 1. The Bertz CT molecular complexity index is 844. The zero-order valence-electron chi connectivity index (χ0n) is 15.7. The minimum Gasteiger partial charge on any atom is -0.461 e. The molecule has 8 heteroatoms. The van der Waals surface area contributed by atoms with Crippen molar-refractivity contribution in [2.45, 2.75) is 26.7 Å². The maximum atomic E-state index is 12.8. The zero-order chi connectivity index (χ0) is 20.1. The summed E-state index contributed by atoms with van der Waals surface area (Å²) in [6.07, 6.45) is 1.91. The summed E-state index contributed by atoms with van der Waals surface area (Å²) < 4.78 is 5.36. The fourth-order valence-electron chi connectivity index (χ4n) is 3.18. The van der Waals surface area contributed by atoms with Gasteiger partial charge in [0.05, 0.1) is 10.5 Å². The molecular weight excluding hydrogens is 368 g/mol. The van der Waals surface area contributed by atoms with E-state index in [1.54, 1.807) is 37.7 Å². The van der Waals surface area contributed by atoms with Crippen LogP contribution in [-0.4, -0.2) is 35.3 Å². The lowest BCUT2D eigenvalue weighted by atomic mass is 9.79. The number of allylic oxidation sites excluding steroid dienone is 3. The van der Waals surface area contributed by atoms with E-state index in [1.165, 1.54) is 19.1 Å². The number of hydrogen-bond donors (Lipinski definition) is 1. The Hall–Kier alpha value is -2.61. The number of nitro benzene ring substituents is 1. The van der Waals surface area contributed by atoms with Crippen LogP contribution < -0.4 is 5.32 Å². The Balaban J connectivity index is 2.57. The van der Waals surface area contributed by atoms with E-state index in [9.17, 15) is 19.7 Å². The van der Waals surface area contributed by atoms with Crippen molar-refractivity contribution in [3.8, 4) is 0 Å². The summed E-state index contributed by atoms with van der Waals surface area (Å²) in [6.45, 7) is 5.15. The lowest BCUT2D eigenvalue weighted by Gasteiger charge is -2.30. The Morgan fingerprint density at radius 2 is 1.93 bits per heavy atom. The van der Waals surface area contributed by atoms with Crippen molar-refractivity contribution in [2.24, 2.45) is 0 Å². The minimum atomic E-state index is -0.717. The maximum absolute atomic E-state index is 12.8. The first-order valence-corrected chi connectivity index (χ1v) is 9.77. The standard InChI is InChI=1S/C19H22N2O5S/c1-11-16(13(3)22)18(14-6-5-7-15(10-14)21(24)25)17(12(2)20-11)19(23)26-8-9-27-4/h5-7,10,18,20H,8-9H2,1-4H3. The highest BCUT2D eigenvalue weighted by molar-refractivity contribution is 7.98. The third-order valence-electron chi connectivity index (χ3n) is 4.29. The largest absolute Gasteiger partial charge is 0.461 e. The number of hydrogen-bond acceptors (Lipinski definition) is 7. The van der Waals surface area contributed by atoms with Gasteiger partial charge in [0.15, 0.2) is 5.78 Å². The first-order chi connectivity index (χ1) is 12.8. The highest BCUT2D eigenvalue weighted by Gasteiger charge is 2.36. The van der Waals surface area contributed by atoms with Crippen LogP contribution in [0.5, 0.6) is 0 Å². The Labute approximate surface area is 162 Å². The number of thioether (sulfide) groups is 1. The lowest BCUT2D eigenvalue weighted by molar-refractivity contribution is -0.384. The van der Waals surface area contributed by atoms with Crippen molar-refractivity contribution in [2.75, 3.05) is 18.6 Å². The molecule has 0 amide bonds. The normalized spacial score (nSPS) is 16.8. The van der Waals surface area contributed by atoms with Gasteiger partial charge in [-0.05, 0) is 32.6 Å². The Morgan fingerprint density at radius 3 is 2.52 bits per heavy atom. The third-order valence-corrected chi connectivity index (χ3v) is 4.87. The molecule has 0 fully saturated rings. The maximum Gasteiger partial charge on any atom is 0.336 e. The molecule has 1 unspecified atom stereocenters. The number of nitrogens with one attached hydrogen (secondary N) is 1. The van der Waals surface area contributed by atoms with Gasteiger partial charge >= 0.3 is 5.97 Å². The average Bonchev–Trinajstić information content (AvgIpc) is 2.60. The third kappa shape index (κ3) is 4.57. The van der Waals surface area contributed by atoms with E-state index >= 15 is 0 Å². The second kappa shape index (κ2) is 8.85. The van der Waals surface area contributed by atoms with E-state index in [1.807, 2.05) is 6.26 Å². The molecule has 1 heterocycles. The molecule has 144 valence electrons. The molecule has 1 aliphatic heterocycles. The summed E-state index contributed by atoms with van der Waals surface area (Å²) in [5.41, 5.74) is 2.30. The van der Waals surface area contributed by atoms with Crippen LogP contribution in [0.3, 0.4) is 0 Å². The van der Waals surface area contributed by atoms with Gasteiger partial charge in [0.2, 0.25) is 0 Å². The zero-order valence-corrected chi connectivity index (χ0v) is 16.5. The average molecular weight is 390 g/mol. The number of non-ortho nitro benzene ring substituents is 1. The predicted molar refractivity (Wildman–Crippen MR) is 104 cm³/mol. The monoisotopic (exact) mass is 390 g/mol. The summed E-state index contributed by atoms with van der Waals surface area (Å²) in [5.74, 6) is -0.804. The van der Waals surface area contributed by atoms with E-state index in [4.69, 9.17) is 4.74 Å². The van der Waals surface area contributed by atoms with Gasteiger partial charge in [0.25, 0.3) is 5.69 Å². The van der Waals surface area contributed by atoms with Crippen LogP contribution in [-0.2, 0) is 14.3 Å². The molecule has 7 nitrogen and oxygen atoms in total. The van der Waals surface area contributed by atoms with E-state index in [2.05, 4.69) is 5.32 Å². The smallest absolute Gasteiger partial charge is 0.336 e. The first-order valence-electron chi connectivity index (χ1n) is 8.37. The lowest BCUT2D eigenvalue weighted by Crippen LogP contribution is -2.31. The molecule has 27 heavy (non-hydrogen) atoms. The van der Waals surface area contributed by atoms with Gasteiger partial charge in [-0.2, -0.15) is 11.8 Å². The number of benzene rings is 1. The molecule has 1 aliphatic rings. The summed E-state index contributed by atoms with van der Waals surface area (Å²) in [4.78, 5) is 35.8. The van der Waals surface area contributed by atoms with Crippen molar-refractivity contribution >= 4 is 29.2 Å². The van der Waals surface area contributed by atoms with Gasteiger partial charge in [-0.25, -0.2) is 4.79 Å². The van der Waals surface area contributed by atoms with Crippen molar-refractivity contribution in [1.29, 1.82) is 0 Å². The summed E-state index contributed by atoms with van der Waals surface area (Å²) in [6, 6.07) is 6.01. The second-order valence-corrected chi connectivity index (χ2v) is 7.16. The molecule has 0 aromatic heterocycles. The molecule has 0 radical (unpaired) electrons.